The van der Waals surface area contributed by atoms with Gasteiger partial charge < -0.3 is 21.7 Å². The van der Waals surface area contributed by atoms with Gasteiger partial charge in [0.2, 0.25) is 0 Å². The van der Waals surface area contributed by atoms with Crippen LogP contribution in [0.1, 0.15) is 6.42 Å². The van der Waals surface area contributed by atoms with Gasteiger partial charge >= 0.3 is 11.9 Å². The Balaban J connectivity index is 4.04. The van der Waals surface area contributed by atoms with Gasteiger partial charge in [0, 0.05) is 39.3 Å². The lowest BCUT2D eigenvalue weighted by atomic mass is 10.3. The lowest BCUT2D eigenvalue weighted by Crippen LogP contribution is -2.38. The lowest BCUT2D eigenvalue weighted by molar-refractivity contribution is -0.138. The Labute approximate surface area is 112 Å². The Morgan fingerprint density at radius 2 is 1.16 bits per heavy atom. The van der Waals surface area contributed by atoms with Gasteiger partial charge in [-0.05, 0) is 6.42 Å². The molecule has 0 heterocycles. The van der Waals surface area contributed by atoms with E-state index >= 15 is 0 Å². The van der Waals surface area contributed by atoms with Gasteiger partial charge in [-0.15, -0.1) is 0 Å². The Morgan fingerprint density at radius 1 is 0.789 bits per heavy atom. The zero-order chi connectivity index (χ0) is 14.7. The maximum Gasteiger partial charge on any atom is 0.317 e. The molecule has 19 heavy (non-hydrogen) atoms. The topological polar surface area (TPSA) is 133 Å². The summed E-state index contributed by atoms with van der Waals surface area (Å²) in [5.41, 5.74) is 10.8. The number of nitrogens with zero attached hydrogens (tertiary/aromatic N) is 2. The molecule has 6 N–H and O–H groups in total. The minimum atomic E-state index is -0.891. The third kappa shape index (κ3) is 10.4. The fourth-order valence-corrected chi connectivity index (χ4v) is 1.81. The molecule has 0 spiro atoms. The molecule has 0 aromatic carbocycles. The van der Waals surface area contributed by atoms with Crippen LogP contribution in [-0.4, -0.2) is 84.3 Å². The van der Waals surface area contributed by atoms with Crippen molar-refractivity contribution in [2.75, 3.05) is 52.4 Å². The van der Waals surface area contributed by atoms with Gasteiger partial charge in [0.1, 0.15) is 0 Å². The first-order valence-electron chi connectivity index (χ1n) is 6.28. The van der Waals surface area contributed by atoms with Crippen LogP contribution in [-0.2, 0) is 9.59 Å². The summed E-state index contributed by atoms with van der Waals surface area (Å²) >= 11 is 0. The van der Waals surface area contributed by atoms with Crippen molar-refractivity contribution in [3.63, 3.8) is 0 Å². The van der Waals surface area contributed by atoms with Gasteiger partial charge in [-0.1, -0.05) is 0 Å². The number of carboxylic acid groups (broad SMARTS) is 2. The van der Waals surface area contributed by atoms with E-state index in [0.717, 1.165) is 0 Å². The van der Waals surface area contributed by atoms with Crippen LogP contribution in [0.25, 0.3) is 0 Å². The van der Waals surface area contributed by atoms with Crippen LogP contribution in [0.4, 0.5) is 0 Å². The molecule has 0 rings (SSSR count). The van der Waals surface area contributed by atoms with Crippen molar-refractivity contribution >= 4 is 11.9 Å². The van der Waals surface area contributed by atoms with Crippen molar-refractivity contribution in [2.45, 2.75) is 6.42 Å². The van der Waals surface area contributed by atoms with E-state index in [4.69, 9.17) is 21.7 Å². The van der Waals surface area contributed by atoms with Crippen LogP contribution < -0.4 is 11.5 Å². The van der Waals surface area contributed by atoms with Crippen molar-refractivity contribution in [1.29, 1.82) is 0 Å². The number of hydrogen-bond acceptors (Lipinski definition) is 6. The highest BCUT2D eigenvalue weighted by atomic mass is 16.4. The number of nitrogens with two attached hydrogens (primary N) is 2. The standard InChI is InChI=1S/C11H24N4O4/c12-2-6-14(8-10(16)17)4-1-5-15(7-3-13)9-11(18)19/h1-9,12-13H2,(H,16,17)(H,18,19). The van der Waals surface area contributed by atoms with Gasteiger partial charge in [0.15, 0.2) is 0 Å². The summed E-state index contributed by atoms with van der Waals surface area (Å²) in [7, 11) is 0. The number of rotatable bonds is 12. The average Bonchev–Trinajstić information content (AvgIpc) is 2.27. The molecule has 0 unspecified atom stereocenters. The van der Waals surface area contributed by atoms with E-state index in [1.807, 2.05) is 0 Å². The van der Waals surface area contributed by atoms with Crippen LogP contribution in [0, 0.1) is 0 Å². The monoisotopic (exact) mass is 276 g/mol. The second-order valence-electron chi connectivity index (χ2n) is 4.27. The van der Waals surface area contributed by atoms with E-state index in [-0.39, 0.29) is 13.1 Å². The molecule has 0 atom stereocenters. The molecule has 8 heteroatoms. The van der Waals surface area contributed by atoms with E-state index in [1.54, 1.807) is 9.80 Å². The SMILES string of the molecule is NCCN(CCCN(CCN)CC(=O)O)CC(=O)O. The highest BCUT2D eigenvalue weighted by Gasteiger charge is 2.11. The molecule has 112 valence electrons. The molecule has 0 aliphatic rings. The third-order valence-corrected chi connectivity index (χ3v) is 2.56. The van der Waals surface area contributed by atoms with Crippen LogP contribution in [0.2, 0.25) is 0 Å². The van der Waals surface area contributed by atoms with E-state index in [2.05, 4.69) is 0 Å². The summed E-state index contributed by atoms with van der Waals surface area (Å²) in [4.78, 5) is 24.8. The summed E-state index contributed by atoms with van der Waals surface area (Å²) in [5, 5.41) is 17.5. The first-order valence-corrected chi connectivity index (χ1v) is 6.28. The molecule has 0 aliphatic heterocycles. The lowest BCUT2D eigenvalue weighted by Gasteiger charge is -2.23. The van der Waals surface area contributed by atoms with Gasteiger partial charge in [-0.3, -0.25) is 19.4 Å². The Morgan fingerprint density at radius 3 is 1.42 bits per heavy atom. The molecule has 0 bridgehead atoms. The van der Waals surface area contributed by atoms with Gasteiger partial charge in [0.25, 0.3) is 0 Å². The maximum absolute atomic E-state index is 10.6. The maximum atomic E-state index is 10.6. The fourth-order valence-electron chi connectivity index (χ4n) is 1.81. The molecule has 8 nitrogen and oxygen atoms in total. The number of hydrogen-bond donors (Lipinski definition) is 4. The summed E-state index contributed by atoms with van der Waals surface area (Å²) in [6.07, 6.45) is 0.681. The molecule has 0 amide bonds. The first kappa shape index (κ1) is 17.8. The minimum Gasteiger partial charge on any atom is -0.480 e. The Hall–Kier alpha value is -1.22. The number of carbonyl (C=O) groups is 2. The largest absolute Gasteiger partial charge is 0.480 e. The quantitative estimate of drug-likeness (QED) is 0.324. The minimum absolute atomic E-state index is 0.0486. The van der Waals surface area contributed by atoms with Crippen molar-refractivity contribution < 1.29 is 19.8 Å². The molecule has 0 fully saturated rings. The van der Waals surface area contributed by atoms with E-state index in [9.17, 15) is 9.59 Å². The predicted molar refractivity (Wildman–Crippen MR) is 70.9 cm³/mol. The smallest absolute Gasteiger partial charge is 0.317 e. The fraction of sp³-hybridized carbons (Fsp3) is 0.818. The van der Waals surface area contributed by atoms with Crippen LogP contribution in [0.3, 0.4) is 0 Å². The zero-order valence-electron chi connectivity index (χ0n) is 11.1. The first-order chi connectivity index (χ1) is 8.99. The summed E-state index contributed by atoms with van der Waals surface area (Å²) in [6.45, 7) is 2.88. The average molecular weight is 276 g/mol. The van der Waals surface area contributed by atoms with E-state index < -0.39 is 11.9 Å². The molecule has 0 saturated heterocycles. The van der Waals surface area contributed by atoms with Crippen molar-refractivity contribution in [3.8, 4) is 0 Å². The van der Waals surface area contributed by atoms with Gasteiger partial charge in [0.05, 0.1) is 13.1 Å². The number of carboxylic acids is 2. The molecular formula is C11H24N4O4. The molecule has 0 radical (unpaired) electrons. The highest BCUT2D eigenvalue weighted by Crippen LogP contribution is 1.95. The highest BCUT2D eigenvalue weighted by molar-refractivity contribution is 5.69. The van der Waals surface area contributed by atoms with Crippen molar-refractivity contribution in [1.82, 2.24) is 9.80 Å². The summed E-state index contributed by atoms with van der Waals surface area (Å²) in [6, 6.07) is 0. The van der Waals surface area contributed by atoms with Gasteiger partial charge in [-0.2, -0.15) is 0 Å². The normalized spacial score (nSPS) is 11.2. The summed E-state index contributed by atoms with van der Waals surface area (Å²) in [5.74, 6) is -1.78. The molecule has 0 aromatic heterocycles. The van der Waals surface area contributed by atoms with Crippen molar-refractivity contribution in [3.05, 3.63) is 0 Å². The Kier molecular flexibility index (Phi) is 9.99. The second kappa shape index (κ2) is 10.7. The molecule has 0 saturated carbocycles. The molecule has 0 aromatic rings. The molecular weight excluding hydrogens is 252 g/mol. The van der Waals surface area contributed by atoms with E-state index in [1.165, 1.54) is 0 Å². The second-order valence-corrected chi connectivity index (χ2v) is 4.27. The van der Waals surface area contributed by atoms with E-state index in [0.29, 0.717) is 45.7 Å². The summed E-state index contributed by atoms with van der Waals surface area (Å²) < 4.78 is 0. The van der Waals surface area contributed by atoms with Crippen LogP contribution in [0.15, 0.2) is 0 Å². The third-order valence-electron chi connectivity index (χ3n) is 2.56. The van der Waals surface area contributed by atoms with Crippen LogP contribution in [0.5, 0.6) is 0 Å². The van der Waals surface area contributed by atoms with Crippen LogP contribution >= 0.6 is 0 Å². The van der Waals surface area contributed by atoms with Crippen molar-refractivity contribution in [2.24, 2.45) is 11.5 Å². The predicted octanol–water partition coefficient (Wildman–Crippen LogP) is -1.93. The molecule has 0 aliphatic carbocycles. The van der Waals surface area contributed by atoms with Gasteiger partial charge in [-0.25, -0.2) is 0 Å². The number of aliphatic carboxylic acids is 2. The Bertz CT molecular complexity index is 249. The zero-order valence-corrected chi connectivity index (χ0v) is 11.1.